The third-order valence-corrected chi connectivity index (χ3v) is 4.39. The van der Waals surface area contributed by atoms with Crippen molar-refractivity contribution in [3.05, 3.63) is 40.3 Å². The highest BCUT2D eigenvalue weighted by atomic mass is 79.9. The monoisotopic (exact) mass is 334 g/mol. The first kappa shape index (κ1) is 13.6. The predicted octanol–water partition coefficient (Wildman–Crippen LogP) is 3.64. The highest BCUT2D eigenvalue weighted by Gasteiger charge is 2.27. The van der Waals surface area contributed by atoms with E-state index >= 15 is 0 Å². The van der Waals surface area contributed by atoms with Crippen molar-refractivity contribution < 1.29 is 0 Å². The van der Waals surface area contributed by atoms with Crippen LogP contribution in [0.1, 0.15) is 37.7 Å². The van der Waals surface area contributed by atoms with E-state index in [0.717, 1.165) is 41.1 Å². The fourth-order valence-electron chi connectivity index (χ4n) is 2.66. The lowest BCUT2D eigenvalue weighted by atomic mass is 10.1. The molecule has 1 unspecified atom stereocenters. The first-order valence-electron chi connectivity index (χ1n) is 7.08. The minimum Gasteiger partial charge on any atom is -0.369 e. The van der Waals surface area contributed by atoms with Crippen molar-refractivity contribution >= 4 is 21.7 Å². The lowest BCUT2D eigenvalue weighted by molar-refractivity contribution is 0.465. The fraction of sp³-hybridized carbons (Fsp3) is 0.467. The maximum atomic E-state index is 4.82. The van der Waals surface area contributed by atoms with Gasteiger partial charge in [0.25, 0.3) is 0 Å². The predicted molar refractivity (Wildman–Crippen MR) is 84.0 cm³/mol. The molecule has 0 bridgehead atoms. The Bertz CT molecular complexity index is 591. The zero-order valence-electron chi connectivity index (χ0n) is 11.8. The number of hydrogen-bond donors (Lipinski definition) is 1. The molecule has 0 aromatic carbocycles. The Hall–Kier alpha value is -1.36. The Labute approximate surface area is 127 Å². The van der Waals surface area contributed by atoms with Crippen LogP contribution in [0.5, 0.6) is 0 Å². The zero-order valence-corrected chi connectivity index (χ0v) is 13.4. The topological polar surface area (TPSA) is 42.7 Å². The van der Waals surface area contributed by atoms with Crippen LogP contribution in [0.2, 0.25) is 0 Å². The van der Waals surface area contributed by atoms with E-state index in [-0.39, 0.29) is 6.04 Å². The number of aromatic nitrogens is 3. The molecule has 3 rings (SSSR count). The average molecular weight is 335 g/mol. The molecule has 0 amide bonds. The van der Waals surface area contributed by atoms with E-state index in [4.69, 9.17) is 5.10 Å². The Balaban J connectivity index is 2.01. The summed E-state index contributed by atoms with van der Waals surface area (Å²) in [6.45, 7) is 5.38. The number of anilines is 1. The molecule has 0 aliphatic carbocycles. The van der Waals surface area contributed by atoms with E-state index in [1.54, 1.807) is 0 Å². The van der Waals surface area contributed by atoms with Gasteiger partial charge in [-0.3, -0.25) is 4.98 Å². The minimum absolute atomic E-state index is 0.227. The number of hydrogen-bond acceptors (Lipinski definition) is 3. The van der Waals surface area contributed by atoms with Gasteiger partial charge in [-0.2, -0.15) is 5.10 Å². The van der Waals surface area contributed by atoms with Crippen LogP contribution in [0.25, 0.3) is 0 Å². The molecule has 1 aliphatic rings. The molecule has 1 N–H and O–H groups in total. The third-order valence-electron chi connectivity index (χ3n) is 3.56. The quantitative estimate of drug-likeness (QED) is 0.931. The Morgan fingerprint density at radius 1 is 1.45 bits per heavy atom. The summed E-state index contributed by atoms with van der Waals surface area (Å²) in [7, 11) is 0. The van der Waals surface area contributed by atoms with Gasteiger partial charge < -0.3 is 5.32 Å². The van der Waals surface area contributed by atoms with Crippen LogP contribution in [0.15, 0.2) is 28.9 Å². The summed E-state index contributed by atoms with van der Waals surface area (Å²) in [5.41, 5.74) is 2.21. The standard InChI is InChI=1S/C15H19BrN4/c1-10(2)9-12-14(16)15-18-8-6-13(20(15)19-12)11-5-3-4-7-17-11/h3-5,7,10,13,18H,6,8-9H2,1-2H3. The summed E-state index contributed by atoms with van der Waals surface area (Å²) in [6.07, 6.45) is 3.85. The van der Waals surface area contributed by atoms with Gasteiger partial charge in [0.05, 0.1) is 21.9 Å². The molecular weight excluding hydrogens is 316 g/mol. The smallest absolute Gasteiger partial charge is 0.139 e. The number of rotatable bonds is 3. The van der Waals surface area contributed by atoms with Gasteiger partial charge in [-0.25, -0.2) is 4.68 Å². The van der Waals surface area contributed by atoms with Crippen molar-refractivity contribution in [1.82, 2.24) is 14.8 Å². The van der Waals surface area contributed by atoms with E-state index < -0.39 is 0 Å². The molecule has 1 aliphatic heterocycles. The van der Waals surface area contributed by atoms with Gasteiger partial charge in [0.1, 0.15) is 5.82 Å². The second-order valence-corrected chi connectivity index (χ2v) is 6.43. The number of nitrogens with one attached hydrogen (secondary N) is 1. The second kappa shape index (κ2) is 5.56. The Morgan fingerprint density at radius 2 is 2.30 bits per heavy atom. The van der Waals surface area contributed by atoms with Crippen molar-refractivity contribution in [3.63, 3.8) is 0 Å². The van der Waals surface area contributed by atoms with Gasteiger partial charge in [0.2, 0.25) is 0 Å². The van der Waals surface area contributed by atoms with Gasteiger partial charge in [-0.1, -0.05) is 19.9 Å². The van der Waals surface area contributed by atoms with Crippen LogP contribution in [-0.2, 0) is 6.42 Å². The third kappa shape index (κ3) is 2.46. The van der Waals surface area contributed by atoms with Gasteiger partial charge in [0, 0.05) is 12.7 Å². The number of pyridine rings is 1. The molecule has 0 radical (unpaired) electrons. The maximum absolute atomic E-state index is 4.82. The van der Waals surface area contributed by atoms with E-state index in [1.165, 1.54) is 0 Å². The van der Waals surface area contributed by atoms with Crippen LogP contribution in [0, 0.1) is 5.92 Å². The van der Waals surface area contributed by atoms with E-state index in [2.05, 4.69) is 50.8 Å². The summed E-state index contributed by atoms with van der Waals surface area (Å²) < 4.78 is 3.19. The van der Waals surface area contributed by atoms with Crippen LogP contribution in [-0.4, -0.2) is 21.3 Å². The van der Waals surface area contributed by atoms with Crippen LogP contribution in [0.3, 0.4) is 0 Å². The lowest BCUT2D eigenvalue weighted by Crippen LogP contribution is -2.25. The van der Waals surface area contributed by atoms with E-state index in [9.17, 15) is 0 Å². The van der Waals surface area contributed by atoms with Crippen molar-refractivity contribution in [3.8, 4) is 0 Å². The molecule has 2 aromatic heterocycles. The largest absolute Gasteiger partial charge is 0.369 e. The molecule has 2 aromatic rings. The Morgan fingerprint density at radius 3 is 3.00 bits per heavy atom. The molecule has 20 heavy (non-hydrogen) atoms. The van der Waals surface area contributed by atoms with E-state index in [1.807, 2.05) is 18.3 Å². The highest BCUT2D eigenvalue weighted by molar-refractivity contribution is 9.10. The normalized spacial score (nSPS) is 17.9. The first-order valence-corrected chi connectivity index (χ1v) is 7.87. The molecule has 0 fully saturated rings. The van der Waals surface area contributed by atoms with E-state index in [0.29, 0.717) is 5.92 Å². The Kier molecular flexibility index (Phi) is 3.78. The van der Waals surface area contributed by atoms with Gasteiger partial charge in [-0.05, 0) is 46.8 Å². The van der Waals surface area contributed by atoms with Gasteiger partial charge in [-0.15, -0.1) is 0 Å². The van der Waals surface area contributed by atoms with Crippen LogP contribution >= 0.6 is 15.9 Å². The van der Waals surface area contributed by atoms with Crippen molar-refractivity contribution in [2.75, 3.05) is 11.9 Å². The summed E-state index contributed by atoms with van der Waals surface area (Å²) in [4.78, 5) is 4.50. The number of halogens is 1. The van der Waals surface area contributed by atoms with Crippen molar-refractivity contribution in [2.45, 2.75) is 32.7 Å². The SMILES string of the molecule is CC(C)Cc1nn2c(c1Br)NCCC2c1ccccn1. The highest BCUT2D eigenvalue weighted by Crippen LogP contribution is 2.36. The summed E-state index contributed by atoms with van der Waals surface area (Å²) in [5, 5.41) is 8.27. The van der Waals surface area contributed by atoms with Crippen LogP contribution < -0.4 is 5.32 Å². The fourth-order valence-corrected chi connectivity index (χ4v) is 3.22. The van der Waals surface area contributed by atoms with Crippen molar-refractivity contribution in [2.24, 2.45) is 5.92 Å². The second-order valence-electron chi connectivity index (χ2n) is 5.64. The maximum Gasteiger partial charge on any atom is 0.139 e. The minimum atomic E-state index is 0.227. The molecular formula is C15H19BrN4. The molecule has 0 saturated heterocycles. The van der Waals surface area contributed by atoms with Crippen LogP contribution in [0.4, 0.5) is 5.82 Å². The van der Waals surface area contributed by atoms with Gasteiger partial charge >= 0.3 is 0 Å². The zero-order chi connectivity index (χ0) is 14.1. The molecule has 3 heterocycles. The molecule has 106 valence electrons. The summed E-state index contributed by atoms with van der Waals surface area (Å²) >= 11 is 3.70. The molecule has 1 atom stereocenters. The summed E-state index contributed by atoms with van der Waals surface area (Å²) in [5.74, 6) is 1.68. The molecule has 0 spiro atoms. The summed E-state index contributed by atoms with van der Waals surface area (Å²) in [6, 6.07) is 6.30. The molecule has 4 nitrogen and oxygen atoms in total. The average Bonchev–Trinajstić information content (AvgIpc) is 2.76. The lowest BCUT2D eigenvalue weighted by Gasteiger charge is -2.25. The molecule has 0 saturated carbocycles. The first-order chi connectivity index (χ1) is 9.66. The van der Waals surface area contributed by atoms with Crippen molar-refractivity contribution in [1.29, 1.82) is 0 Å². The number of nitrogens with zero attached hydrogens (tertiary/aromatic N) is 3. The van der Waals surface area contributed by atoms with Gasteiger partial charge in [0.15, 0.2) is 0 Å². The molecule has 5 heteroatoms. The number of fused-ring (bicyclic) bond motifs is 1.